The Bertz CT molecular complexity index is 717. The Morgan fingerprint density at radius 3 is 2.00 bits per heavy atom. The second-order valence-electron chi connectivity index (χ2n) is 7.04. The second-order valence-corrected chi connectivity index (χ2v) is 7.04. The molecule has 0 saturated carbocycles. The second kappa shape index (κ2) is 3.87. The van der Waals surface area contributed by atoms with E-state index >= 15 is 0 Å². The van der Waals surface area contributed by atoms with Gasteiger partial charge in [-0.3, -0.25) is 9.59 Å². The summed E-state index contributed by atoms with van der Waals surface area (Å²) >= 11 is 0. The summed E-state index contributed by atoms with van der Waals surface area (Å²) in [4.78, 5) is 27.2. The molecular weight excluding hydrogens is 278 g/mol. The molecule has 0 aromatic heterocycles. The largest absolute Gasteiger partial charge is 0.359 e. The van der Waals surface area contributed by atoms with Gasteiger partial charge in [0.25, 0.3) is 0 Å². The van der Waals surface area contributed by atoms with Crippen LogP contribution in [-0.4, -0.2) is 23.0 Å². The molecule has 4 rings (SSSR count). The Kier molecular flexibility index (Phi) is 2.41. The number of carbonyl (C=O) groups is 2. The molecule has 3 aliphatic heterocycles. The van der Waals surface area contributed by atoms with Gasteiger partial charge in [-0.05, 0) is 51.0 Å². The number of anilines is 1. The van der Waals surface area contributed by atoms with Gasteiger partial charge in [0.15, 0.2) is 0 Å². The zero-order chi connectivity index (χ0) is 15.9. The third kappa shape index (κ3) is 1.46. The fraction of sp³-hybridized carbons (Fsp3) is 0.444. The van der Waals surface area contributed by atoms with Crippen LogP contribution in [0.4, 0.5) is 5.69 Å². The average Bonchev–Trinajstić information content (AvgIpc) is 2.99. The Morgan fingerprint density at radius 1 is 0.955 bits per heavy atom. The lowest BCUT2D eigenvalue weighted by Crippen LogP contribution is -2.39. The molecule has 4 heteroatoms. The molecule has 2 fully saturated rings. The Hall–Kier alpha value is -1.94. The molecule has 0 radical (unpaired) electrons. The number of imide groups is 1. The van der Waals surface area contributed by atoms with E-state index in [0.717, 1.165) is 11.1 Å². The van der Waals surface area contributed by atoms with Crippen LogP contribution < -0.4 is 4.90 Å². The quantitative estimate of drug-likeness (QED) is 0.591. The number of amides is 2. The Balaban J connectivity index is 1.81. The summed E-state index contributed by atoms with van der Waals surface area (Å²) in [6.45, 7) is 7.80. The van der Waals surface area contributed by atoms with Crippen LogP contribution in [0.3, 0.4) is 0 Å². The molecular formula is C18H19NO3. The van der Waals surface area contributed by atoms with E-state index in [0.29, 0.717) is 5.69 Å². The summed E-state index contributed by atoms with van der Waals surface area (Å²) in [5, 5.41) is 0. The molecule has 22 heavy (non-hydrogen) atoms. The number of nitrogens with zero attached hydrogens (tertiary/aromatic N) is 1. The summed E-state index contributed by atoms with van der Waals surface area (Å²) in [5.74, 6) is -1.13. The van der Waals surface area contributed by atoms with Crippen LogP contribution in [0.1, 0.15) is 25.0 Å². The van der Waals surface area contributed by atoms with E-state index in [2.05, 4.69) is 0 Å². The molecule has 3 aliphatic rings. The lowest BCUT2D eigenvalue weighted by molar-refractivity contribution is -0.128. The zero-order valence-electron chi connectivity index (χ0n) is 13.2. The van der Waals surface area contributed by atoms with Crippen LogP contribution in [0, 0.1) is 25.7 Å². The van der Waals surface area contributed by atoms with Crippen molar-refractivity contribution in [2.45, 2.75) is 38.9 Å². The predicted octanol–water partition coefficient (Wildman–Crippen LogP) is 2.53. The molecule has 4 nitrogen and oxygen atoms in total. The summed E-state index contributed by atoms with van der Waals surface area (Å²) in [7, 11) is 0. The lowest BCUT2D eigenvalue weighted by atomic mass is 9.73. The van der Waals surface area contributed by atoms with E-state index in [1.54, 1.807) is 0 Å². The minimum Gasteiger partial charge on any atom is -0.359 e. The number of ether oxygens (including phenoxy) is 1. The first kappa shape index (κ1) is 13.7. The monoisotopic (exact) mass is 297 g/mol. The minimum absolute atomic E-state index is 0.145. The van der Waals surface area contributed by atoms with E-state index in [1.165, 1.54) is 4.90 Å². The number of carbonyl (C=O) groups excluding carboxylic acids is 2. The zero-order valence-corrected chi connectivity index (χ0v) is 13.2. The normalized spacial score (nSPS) is 39.0. The molecule has 0 unspecified atom stereocenters. The van der Waals surface area contributed by atoms with Crippen molar-refractivity contribution in [1.82, 2.24) is 0 Å². The van der Waals surface area contributed by atoms with E-state index in [9.17, 15) is 9.59 Å². The maximum absolute atomic E-state index is 12.9. The molecule has 4 atom stereocenters. The summed E-state index contributed by atoms with van der Waals surface area (Å²) in [6, 6.07) is 5.71. The highest BCUT2D eigenvalue weighted by atomic mass is 16.5. The van der Waals surface area contributed by atoms with Gasteiger partial charge >= 0.3 is 0 Å². The average molecular weight is 297 g/mol. The first-order chi connectivity index (χ1) is 10.3. The molecule has 114 valence electrons. The van der Waals surface area contributed by atoms with Gasteiger partial charge in [-0.1, -0.05) is 18.2 Å². The van der Waals surface area contributed by atoms with Crippen molar-refractivity contribution in [1.29, 1.82) is 0 Å². The highest BCUT2D eigenvalue weighted by Gasteiger charge is 2.70. The molecule has 1 aromatic carbocycles. The summed E-state index contributed by atoms with van der Waals surface area (Å²) < 4.78 is 6.00. The van der Waals surface area contributed by atoms with Crippen molar-refractivity contribution < 1.29 is 14.3 Å². The lowest BCUT2D eigenvalue weighted by Gasteiger charge is -2.25. The van der Waals surface area contributed by atoms with Crippen molar-refractivity contribution in [2.75, 3.05) is 4.90 Å². The van der Waals surface area contributed by atoms with Gasteiger partial charge in [-0.25, -0.2) is 4.90 Å². The fourth-order valence-electron chi connectivity index (χ4n) is 4.15. The smallest absolute Gasteiger partial charge is 0.241 e. The van der Waals surface area contributed by atoms with Crippen LogP contribution in [0.15, 0.2) is 30.4 Å². The molecule has 3 heterocycles. The Labute approximate surface area is 129 Å². The number of hydrogen-bond donors (Lipinski definition) is 0. The molecule has 2 bridgehead atoms. The molecule has 0 spiro atoms. The molecule has 0 N–H and O–H groups in total. The van der Waals surface area contributed by atoms with Crippen LogP contribution in [-0.2, 0) is 14.3 Å². The van der Waals surface area contributed by atoms with E-state index in [4.69, 9.17) is 4.74 Å². The summed E-state index contributed by atoms with van der Waals surface area (Å²) in [6.07, 6.45) is 3.87. The van der Waals surface area contributed by atoms with Crippen molar-refractivity contribution in [3.8, 4) is 0 Å². The maximum atomic E-state index is 12.9. The number of hydrogen-bond acceptors (Lipinski definition) is 3. The SMILES string of the molecule is Cc1ccc(N2C(=O)[C@@H]3[C@H](C2=O)[C@@]2(C)C=C[C@]3(C)O2)cc1C. The number of benzene rings is 1. The maximum Gasteiger partial charge on any atom is 0.241 e. The Morgan fingerprint density at radius 2 is 1.50 bits per heavy atom. The number of rotatable bonds is 1. The third-order valence-electron chi connectivity index (χ3n) is 5.47. The van der Waals surface area contributed by atoms with Gasteiger partial charge < -0.3 is 4.74 Å². The standard InChI is InChI=1S/C18H19NO3/c1-10-5-6-12(9-11(10)2)19-15(20)13-14(16(19)21)18(4)8-7-17(13,3)22-18/h5-9,13-14H,1-4H3/t13-,14+,17-,18+. The van der Waals surface area contributed by atoms with Crippen molar-refractivity contribution in [3.05, 3.63) is 41.5 Å². The van der Waals surface area contributed by atoms with E-state index in [-0.39, 0.29) is 11.8 Å². The van der Waals surface area contributed by atoms with Crippen LogP contribution in [0.25, 0.3) is 0 Å². The third-order valence-corrected chi connectivity index (χ3v) is 5.47. The van der Waals surface area contributed by atoms with Crippen LogP contribution in [0.2, 0.25) is 0 Å². The highest BCUT2D eigenvalue weighted by molar-refractivity contribution is 6.23. The van der Waals surface area contributed by atoms with E-state index in [1.807, 2.05) is 58.0 Å². The van der Waals surface area contributed by atoms with E-state index < -0.39 is 23.0 Å². The summed E-state index contributed by atoms with van der Waals surface area (Å²) in [5.41, 5.74) is 1.55. The first-order valence-corrected chi connectivity index (χ1v) is 7.62. The van der Waals surface area contributed by atoms with Gasteiger partial charge in [-0.15, -0.1) is 0 Å². The van der Waals surface area contributed by atoms with Gasteiger partial charge in [0.2, 0.25) is 11.8 Å². The highest BCUT2D eigenvalue weighted by Crippen LogP contribution is 2.57. The minimum atomic E-state index is -0.666. The van der Waals surface area contributed by atoms with Crippen molar-refractivity contribution >= 4 is 17.5 Å². The van der Waals surface area contributed by atoms with Crippen LogP contribution in [0.5, 0.6) is 0 Å². The molecule has 2 amide bonds. The van der Waals surface area contributed by atoms with Gasteiger partial charge in [0.1, 0.15) is 0 Å². The molecule has 1 aromatic rings. The van der Waals surface area contributed by atoms with Crippen molar-refractivity contribution in [2.24, 2.45) is 11.8 Å². The predicted molar refractivity (Wildman–Crippen MR) is 82.4 cm³/mol. The van der Waals surface area contributed by atoms with Crippen LogP contribution >= 0.6 is 0 Å². The molecule has 2 saturated heterocycles. The van der Waals surface area contributed by atoms with Gasteiger partial charge in [-0.2, -0.15) is 0 Å². The van der Waals surface area contributed by atoms with Gasteiger partial charge in [0, 0.05) is 0 Å². The fourth-order valence-corrected chi connectivity index (χ4v) is 4.15. The topological polar surface area (TPSA) is 46.6 Å². The van der Waals surface area contributed by atoms with Gasteiger partial charge in [0.05, 0.1) is 28.7 Å². The number of fused-ring (bicyclic) bond motifs is 5. The molecule has 0 aliphatic carbocycles. The van der Waals surface area contributed by atoms with Crippen molar-refractivity contribution in [3.63, 3.8) is 0 Å². The first-order valence-electron chi connectivity index (χ1n) is 7.62. The number of aryl methyl sites for hydroxylation is 2.